The van der Waals surface area contributed by atoms with Crippen molar-refractivity contribution in [3.63, 3.8) is 0 Å². The molecular formula is C16H22F3NO. The first-order valence-electron chi connectivity index (χ1n) is 7.46. The van der Waals surface area contributed by atoms with E-state index in [1.807, 2.05) is 13.8 Å². The van der Waals surface area contributed by atoms with Crippen molar-refractivity contribution in [2.45, 2.75) is 64.4 Å². The van der Waals surface area contributed by atoms with Gasteiger partial charge in [0.15, 0.2) is 0 Å². The van der Waals surface area contributed by atoms with Crippen LogP contribution in [0.3, 0.4) is 0 Å². The molecule has 0 atom stereocenters. The Bertz CT molecular complexity index is 465. The molecule has 2 rings (SSSR count). The molecule has 1 aliphatic rings. The van der Waals surface area contributed by atoms with Gasteiger partial charge in [-0.3, -0.25) is 0 Å². The third-order valence-corrected chi connectivity index (χ3v) is 3.66. The van der Waals surface area contributed by atoms with Crippen LogP contribution in [0.4, 0.5) is 13.2 Å². The van der Waals surface area contributed by atoms with E-state index in [4.69, 9.17) is 4.74 Å². The maximum Gasteiger partial charge on any atom is 0.419 e. The van der Waals surface area contributed by atoms with E-state index < -0.39 is 11.7 Å². The minimum absolute atomic E-state index is 0.0392. The number of hydrogen-bond donors (Lipinski definition) is 1. The number of benzene rings is 1. The molecule has 0 aliphatic heterocycles. The summed E-state index contributed by atoms with van der Waals surface area (Å²) in [6.07, 6.45) is -0.722. The monoisotopic (exact) mass is 301 g/mol. The van der Waals surface area contributed by atoms with Gasteiger partial charge >= 0.3 is 6.18 Å². The number of halogens is 3. The van der Waals surface area contributed by atoms with E-state index in [0.717, 1.165) is 25.7 Å². The Kier molecular flexibility index (Phi) is 5.14. The summed E-state index contributed by atoms with van der Waals surface area (Å²) in [5.41, 5.74) is -0.0488. The molecule has 0 saturated heterocycles. The quantitative estimate of drug-likeness (QED) is 0.863. The number of rotatable bonds is 5. The molecule has 2 nitrogen and oxygen atoms in total. The topological polar surface area (TPSA) is 21.3 Å². The SMILES string of the molecule is CC(C)NCc1ccc(OC2CCCC2)c(C(F)(F)F)c1. The van der Waals surface area contributed by atoms with Gasteiger partial charge in [-0.15, -0.1) is 0 Å². The summed E-state index contributed by atoms with van der Waals surface area (Å²) < 4.78 is 45.2. The van der Waals surface area contributed by atoms with Crippen LogP contribution in [-0.2, 0) is 12.7 Å². The molecule has 21 heavy (non-hydrogen) atoms. The van der Waals surface area contributed by atoms with E-state index >= 15 is 0 Å². The van der Waals surface area contributed by atoms with E-state index in [-0.39, 0.29) is 17.9 Å². The molecule has 0 unspecified atom stereocenters. The second-order valence-electron chi connectivity index (χ2n) is 5.89. The van der Waals surface area contributed by atoms with Gasteiger partial charge in [0.1, 0.15) is 5.75 Å². The first-order chi connectivity index (χ1) is 9.86. The van der Waals surface area contributed by atoms with Crippen LogP contribution in [0.5, 0.6) is 5.75 Å². The molecule has 0 spiro atoms. The lowest BCUT2D eigenvalue weighted by molar-refractivity contribution is -0.139. The van der Waals surface area contributed by atoms with Crippen LogP contribution in [0, 0.1) is 0 Å². The maximum absolute atomic E-state index is 13.2. The Balaban J connectivity index is 2.18. The Morgan fingerprint density at radius 2 is 1.90 bits per heavy atom. The smallest absolute Gasteiger partial charge is 0.419 e. The molecule has 0 amide bonds. The summed E-state index contributed by atoms with van der Waals surface area (Å²) in [6, 6.07) is 4.58. The van der Waals surface area contributed by atoms with Crippen LogP contribution in [0.25, 0.3) is 0 Å². The second kappa shape index (κ2) is 6.69. The van der Waals surface area contributed by atoms with E-state index in [2.05, 4.69) is 5.32 Å². The minimum Gasteiger partial charge on any atom is -0.490 e. The van der Waals surface area contributed by atoms with Gasteiger partial charge < -0.3 is 10.1 Å². The van der Waals surface area contributed by atoms with Gasteiger partial charge in [-0.05, 0) is 43.4 Å². The van der Waals surface area contributed by atoms with Crippen LogP contribution in [0.15, 0.2) is 18.2 Å². The zero-order chi connectivity index (χ0) is 15.5. The lowest BCUT2D eigenvalue weighted by Crippen LogP contribution is -2.22. The summed E-state index contributed by atoms with van der Waals surface area (Å²) in [5, 5.41) is 3.12. The van der Waals surface area contributed by atoms with Crippen LogP contribution in [0.2, 0.25) is 0 Å². The zero-order valence-corrected chi connectivity index (χ0v) is 12.5. The third kappa shape index (κ3) is 4.63. The molecule has 118 valence electrons. The highest BCUT2D eigenvalue weighted by molar-refractivity contribution is 5.39. The van der Waals surface area contributed by atoms with Crippen LogP contribution < -0.4 is 10.1 Å². The maximum atomic E-state index is 13.2. The summed E-state index contributed by atoms with van der Waals surface area (Å²) in [5.74, 6) is -0.0392. The van der Waals surface area contributed by atoms with E-state index in [9.17, 15) is 13.2 Å². The number of ether oxygens (including phenoxy) is 1. The fourth-order valence-electron chi connectivity index (χ4n) is 2.52. The minimum atomic E-state index is -4.39. The zero-order valence-electron chi connectivity index (χ0n) is 12.5. The highest BCUT2D eigenvalue weighted by Crippen LogP contribution is 2.38. The highest BCUT2D eigenvalue weighted by Gasteiger charge is 2.35. The average molecular weight is 301 g/mol. The highest BCUT2D eigenvalue weighted by atomic mass is 19.4. The Morgan fingerprint density at radius 1 is 1.24 bits per heavy atom. The summed E-state index contributed by atoms with van der Waals surface area (Å²) in [6.45, 7) is 4.34. The Hall–Kier alpha value is -1.23. The predicted molar refractivity (Wildman–Crippen MR) is 76.3 cm³/mol. The molecular weight excluding hydrogens is 279 g/mol. The van der Waals surface area contributed by atoms with Crippen molar-refractivity contribution in [3.8, 4) is 5.75 Å². The van der Waals surface area contributed by atoms with Gasteiger partial charge in [0.2, 0.25) is 0 Å². The van der Waals surface area contributed by atoms with Crippen molar-refractivity contribution in [2.75, 3.05) is 0 Å². The van der Waals surface area contributed by atoms with Gasteiger partial charge in [0.25, 0.3) is 0 Å². The molecule has 5 heteroatoms. The number of hydrogen-bond acceptors (Lipinski definition) is 2. The van der Waals surface area contributed by atoms with Gasteiger partial charge in [0.05, 0.1) is 11.7 Å². The molecule has 1 aliphatic carbocycles. The van der Waals surface area contributed by atoms with Crippen molar-refractivity contribution < 1.29 is 17.9 Å². The van der Waals surface area contributed by atoms with Gasteiger partial charge in [-0.1, -0.05) is 19.9 Å². The molecule has 0 heterocycles. The van der Waals surface area contributed by atoms with Crippen molar-refractivity contribution in [3.05, 3.63) is 29.3 Å². The van der Waals surface area contributed by atoms with Gasteiger partial charge in [-0.25, -0.2) is 0 Å². The van der Waals surface area contributed by atoms with Crippen molar-refractivity contribution in [2.24, 2.45) is 0 Å². The van der Waals surface area contributed by atoms with E-state index in [1.54, 1.807) is 6.07 Å². The first kappa shape index (κ1) is 16.1. The van der Waals surface area contributed by atoms with Gasteiger partial charge in [-0.2, -0.15) is 13.2 Å². The molecule has 1 saturated carbocycles. The lowest BCUT2D eigenvalue weighted by atomic mass is 10.1. The van der Waals surface area contributed by atoms with E-state index in [1.165, 1.54) is 12.1 Å². The van der Waals surface area contributed by atoms with Crippen LogP contribution >= 0.6 is 0 Å². The summed E-state index contributed by atoms with van der Waals surface area (Å²) >= 11 is 0. The molecule has 1 aromatic rings. The van der Waals surface area contributed by atoms with Crippen molar-refractivity contribution in [1.82, 2.24) is 5.32 Å². The summed E-state index contributed by atoms with van der Waals surface area (Å²) in [4.78, 5) is 0. The first-order valence-corrected chi connectivity index (χ1v) is 7.46. The predicted octanol–water partition coefficient (Wildman–Crippen LogP) is 4.52. The molecule has 0 aromatic heterocycles. The Labute approximate surface area is 123 Å². The standard InChI is InChI=1S/C16H22F3NO/c1-11(2)20-10-12-7-8-15(14(9-12)16(17,18)19)21-13-5-3-4-6-13/h7-9,11,13,20H,3-6,10H2,1-2H3. The summed E-state index contributed by atoms with van der Waals surface area (Å²) in [7, 11) is 0. The fraction of sp³-hybridized carbons (Fsp3) is 0.625. The average Bonchev–Trinajstić information content (AvgIpc) is 2.89. The second-order valence-corrected chi connectivity index (χ2v) is 5.89. The van der Waals surface area contributed by atoms with Gasteiger partial charge in [0, 0.05) is 12.6 Å². The van der Waals surface area contributed by atoms with Crippen LogP contribution in [-0.4, -0.2) is 12.1 Å². The Morgan fingerprint density at radius 3 is 2.48 bits per heavy atom. The lowest BCUT2D eigenvalue weighted by Gasteiger charge is -2.19. The largest absolute Gasteiger partial charge is 0.490 e. The molecule has 1 fully saturated rings. The molecule has 0 radical (unpaired) electrons. The molecule has 1 N–H and O–H groups in total. The number of alkyl halides is 3. The number of nitrogens with one attached hydrogen (secondary N) is 1. The van der Waals surface area contributed by atoms with Crippen molar-refractivity contribution >= 4 is 0 Å². The van der Waals surface area contributed by atoms with Crippen molar-refractivity contribution in [1.29, 1.82) is 0 Å². The third-order valence-electron chi connectivity index (χ3n) is 3.66. The normalized spacial score (nSPS) is 16.7. The van der Waals surface area contributed by atoms with Crippen LogP contribution in [0.1, 0.15) is 50.7 Å². The molecule has 1 aromatic carbocycles. The van der Waals surface area contributed by atoms with E-state index in [0.29, 0.717) is 12.1 Å². The fourth-order valence-corrected chi connectivity index (χ4v) is 2.52. The molecule has 0 bridgehead atoms.